The third kappa shape index (κ3) is 6.35. The maximum absolute atomic E-state index is 12.9. The number of carbonyl (C=O) groups is 2. The molecule has 0 bridgehead atoms. The fraction of sp³-hybridized carbons (Fsp3) is 0.333. The van der Waals surface area contributed by atoms with Crippen molar-refractivity contribution in [2.75, 3.05) is 48.4 Å². The molecule has 2 saturated heterocycles. The second kappa shape index (κ2) is 12.3. The van der Waals surface area contributed by atoms with Crippen molar-refractivity contribution in [3.05, 3.63) is 95.6 Å². The minimum atomic E-state index is -0.152. The lowest BCUT2D eigenvalue weighted by atomic mass is 10.1. The van der Waals surface area contributed by atoms with Gasteiger partial charge in [0.15, 0.2) is 0 Å². The number of hydrogen-bond acceptors (Lipinski definition) is 5. The first-order valence-electron chi connectivity index (χ1n) is 13.0. The van der Waals surface area contributed by atoms with Gasteiger partial charge in [0.25, 0.3) is 5.91 Å². The van der Waals surface area contributed by atoms with Gasteiger partial charge in [-0.1, -0.05) is 42.5 Å². The summed E-state index contributed by atoms with van der Waals surface area (Å²) in [6.45, 7) is 3.88. The maximum atomic E-state index is 12.9. The van der Waals surface area contributed by atoms with Crippen molar-refractivity contribution >= 4 is 35.0 Å². The summed E-state index contributed by atoms with van der Waals surface area (Å²) in [7, 11) is 0. The summed E-state index contributed by atoms with van der Waals surface area (Å²) < 4.78 is 5.45. The molecule has 0 saturated carbocycles. The smallest absolute Gasteiger partial charge is 0.251 e. The number of carbonyl (C=O) groups excluding carboxylic acids is 2. The molecule has 3 aromatic carbocycles. The standard InChI is InChI=1S/C30H33N3O3S/c34-28-22-37-30(33(28)27-14-12-26(13-15-27)32-17-19-36-20-18-32)25-11-6-10-24(21-25)29(35)31-16-5-4-9-23-7-2-1-3-8-23/h1-3,6-8,10-15,21,30H,4-5,9,16-20,22H2,(H,31,35). The van der Waals surface area contributed by atoms with Crippen LogP contribution in [0.25, 0.3) is 0 Å². The van der Waals surface area contributed by atoms with Gasteiger partial charge >= 0.3 is 0 Å². The highest BCUT2D eigenvalue weighted by molar-refractivity contribution is 8.00. The first kappa shape index (κ1) is 25.4. The molecule has 2 aliphatic heterocycles. The SMILES string of the molecule is O=C(NCCCCc1ccccc1)c1cccc(C2SCC(=O)N2c2ccc(N3CCOCC3)cc2)c1. The molecule has 1 unspecified atom stereocenters. The number of aryl methyl sites for hydroxylation is 1. The predicted molar refractivity (Wildman–Crippen MR) is 150 cm³/mol. The van der Waals surface area contributed by atoms with Gasteiger partial charge in [-0.15, -0.1) is 11.8 Å². The maximum Gasteiger partial charge on any atom is 0.251 e. The highest BCUT2D eigenvalue weighted by Gasteiger charge is 2.34. The number of nitrogens with one attached hydrogen (secondary N) is 1. The zero-order valence-electron chi connectivity index (χ0n) is 21.0. The fourth-order valence-corrected chi connectivity index (χ4v) is 6.00. The van der Waals surface area contributed by atoms with Crippen LogP contribution in [-0.2, 0) is 16.0 Å². The van der Waals surface area contributed by atoms with E-state index in [1.807, 2.05) is 47.4 Å². The van der Waals surface area contributed by atoms with Crippen LogP contribution in [-0.4, -0.2) is 50.4 Å². The number of rotatable bonds is 9. The number of hydrogen-bond donors (Lipinski definition) is 1. The van der Waals surface area contributed by atoms with Crippen LogP contribution in [0.15, 0.2) is 78.9 Å². The highest BCUT2D eigenvalue weighted by Crippen LogP contribution is 2.42. The molecule has 0 radical (unpaired) electrons. The van der Waals surface area contributed by atoms with E-state index in [-0.39, 0.29) is 17.2 Å². The number of amides is 2. The van der Waals surface area contributed by atoms with E-state index in [2.05, 4.69) is 46.6 Å². The number of thioether (sulfide) groups is 1. The fourth-order valence-electron chi connectivity index (χ4n) is 4.83. The zero-order valence-corrected chi connectivity index (χ0v) is 21.8. The Morgan fingerprint density at radius 2 is 1.68 bits per heavy atom. The molecule has 6 nitrogen and oxygen atoms in total. The van der Waals surface area contributed by atoms with Gasteiger partial charge < -0.3 is 15.0 Å². The van der Waals surface area contributed by atoms with Crippen molar-refractivity contribution < 1.29 is 14.3 Å². The van der Waals surface area contributed by atoms with E-state index < -0.39 is 0 Å². The second-order valence-corrected chi connectivity index (χ2v) is 10.4. The second-order valence-electron chi connectivity index (χ2n) is 9.37. The summed E-state index contributed by atoms with van der Waals surface area (Å²) in [5.74, 6) is 0.438. The number of anilines is 2. The molecule has 2 heterocycles. The van der Waals surface area contributed by atoms with Crippen molar-refractivity contribution in [2.45, 2.75) is 24.6 Å². The lowest BCUT2D eigenvalue weighted by Crippen LogP contribution is -2.36. The molecule has 192 valence electrons. The molecular formula is C30H33N3O3S. The summed E-state index contributed by atoms with van der Waals surface area (Å²) in [6, 6.07) is 26.3. The van der Waals surface area contributed by atoms with Crippen LogP contribution in [0, 0.1) is 0 Å². The molecule has 0 aliphatic carbocycles. The van der Waals surface area contributed by atoms with Crippen molar-refractivity contribution in [3.8, 4) is 0 Å². The van der Waals surface area contributed by atoms with E-state index in [0.29, 0.717) is 17.9 Å². The van der Waals surface area contributed by atoms with Gasteiger partial charge in [-0.05, 0) is 66.8 Å². The van der Waals surface area contributed by atoms with Gasteiger partial charge in [-0.2, -0.15) is 0 Å². The first-order chi connectivity index (χ1) is 18.2. The van der Waals surface area contributed by atoms with Gasteiger partial charge in [0.2, 0.25) is 5.91 Å². The van der Waals surface area contributed by atoms with Gasteiger partial charge in [-0.25, -0.2) is 0 Å². The zero-order chi connectivity index (χ0) is 25.5. The lowest BCUT2D eigenvalue weighted by molar-refractivity contribution is -0.115. The van der Waals surface area contributed by atoms with Crippen LogP contribution in [0.2, 0.25) is 0 Å². The molecule has 37 heavy (non-hydrogen) atoms. The largest absolute Gasteiger partial charge is 0.378 e. The summed E-state index contributed by atoms with van der Waals surface area (Å²) in [4.78, 5) is 29.9. The van der Waals surface area contributed by atoms with E-state index in [4.69, 9.17) is 4.74 Å². The van der Waals surface area contributed by atoms with E-state index in [1.54, 1.807) is 11.8 Å². The molecule has 7 heteroatoms. The Hall–Kier alpha value is -3.29. The highest BCUT2D eigenvalue weighted by atomic mass is 32.2. The summed E-state index contributed by atoms with van der Waals surface area (Å²) >= 11 is 1.60. The summed E-state index contributed by atoms with van der Waals surface area (Å²) in [5, 5.41) is 2.90. The number of ether oxygens (including phenoxy) is 1. The molecule has 5 rings (SSSR count). The minimum absolute atomic E-state index is 0.0719. The Bertz CT molecular complexity index is 1200. The Kier molecular flexibility index (Phi) is 8.43. The Balaban J connectivity index is 1.20. The summed E-state index contributed by atoms with van der Waals surface area (Å²) in [5.41, 5.74) is 4.94. The third-order valence-corrected chi connectivity index (χ3v) is 8.04. The Morgan fingerprint density at radius 3 is 2.46 bits per heavy atom. The van der Waals surface area contributed by atoms with Crippen molar-refractivity contribution in [1.82, 2.24) is 5.32 Å². The van der Waals surface area contributed by atoms with E-state index in [9.17, 15) is 9.59 Å². The van der Waals surface area contributed by atoms with Crippen LogP contribution in [0.4, 0.5) is 11.4 Å². The number of morpholine rings is 1. The van der Waals surface area contributed by atoms with Crippen LogP contribution >= 0.6 is 11.8 Å². The van der Waals surface area contributed by atoms with Gasteiger partial charge in [0.1, 0.15) is 5.37 Å². The third-order valence-electron chi connectivity index (χ3n) is 6.83. The van der Waals surface area contributed by atoms with Crippen molar-refractivity contribution in [2.24, 2.45) is 0 Å². The molecule has 1 atom stereocenters. The van der Waals surface area contributed by atoms with Crippen LogP contribution in [0.3, 0.4) is 0 Å². The number of benzene rings is 3. The first-order valence-corrected chi connectivity index (χ1v) is 14.0. The Labute approximate surface area is 223 Å². The minimum Gasteiger partial charge on any atom is -0.378 e. The van der Waals surface area contributed by atoms with E-state index in [1.165, 1.54) is 5.56 Å². The van der Waals surface area contributed by atoms with Gasteiger partial charge in [0, 0.05) is 36.6 Å². The monoisotopic (exact) mass is 515 g/mol. The van der Waals surface area contributed by atoms with Crippen LogP contribution in [0.5, 0.6) is 0 Å². The normalized spacial score (nSPS) is 17.7. The molecule has 3 aromatic rings. The van der Waals surface area contributed by atoms with Crippen molar-refractivity contribution in [3.63, 3.8) is 0 Å². The number of unbranched alkanes of at least 4 members (excludes halogenated alkanes) is 1. The molecule has 2 amide bonds. The molecular weight excluding hydrogens is 482 g/mol. The number of nitrogens with zero attached hydrogens (tertiary/aromatic N) is 2. The lowest BCUT2D eigenvalue weighted by Gasteiger charge is -2.30. The molecule has 2 aliphatic rings. The van der Waals surface area contributed by atoms with E-state index in [0.717, 1.165) is 62.5 Å². The molecule has 2 fully saturated rings. The topological polar surface area (TPSA) is 61.9 Å². The quantitative estimate of drug-likeness (QED) is 0.404. The average molecular weight is 516 g/mol. The average Bonchev–Trinajstić information content (AvgIpc) is 3.35. The van der Waals surface area contributed by atoms with E-state index >= 15 is 0 Å². The van der Waals surface area contributed by atoms with Crippen LogP contribution in [0.1, 0.15) is 39.7 Å². The molecule has 1 N–H and O–H groups in total. The predicted octanol–water partition coefficient (Wildman–Crippen LogP) is 5.05. The van der Waals surface area contributed by atoms with Crippen LogP contribution < -0.4 is 15.1 Å². The van der Waals surface area contributed by atoms with Gasteiger partial charge in [-0.3, -0.25) is 14.5 Å². The summed E-state index contributed by atoms with van der Waals surface area (Å²) in [6.07, 6.45) is 2.98. The van der Waals surface area contributed by atoms with Crippen molar-refractivity contribution in [1.29, 1.82) is 0 Å². The molecule has 0 aromatic heterocycles. The Morgan fingerprint density at radius 1 is 0.919 bits per heavy atom. The molecule has 0 spiro atoms. The van der Waals surface area contributed by atoms with Gasteiger partial charge in [0.05, 0.1) is 19.0 Å².